The third kappa shape index (κ3) is 3.48. The number of oxime groups is 1. The van der Waals surface area contributed by atoms with E-state index in [-0.39, 0.29) is 18.3 Å². The molecule has 0 bridgehead atoms. The van der Waals surface area contributed by atoms with Crippen LogP contribution in [0.25, 0.3) is 0 Å². The van der Waals surface area contributed by atoms with Crippen LogP contribution in [0.4, 0.5) is 4.39 Å². The Bertz CT molecular complexity index is 647. The molecule has 0 aromatic heterocycles. The Morgan fingerprint density at radius 1 is 1.30 bits per heavy atom. The van der Waals surface area contributed by atoms with Gasteiger partial charge < -0.3 is 15.7 Å². The van der Waals surface area contributed by atoms with Crippen LogP contribution in [0.1, 0.15) is 11.1 Å². The Morgan fingerprint density at radius 3 is 2.85 bits per heavy atom. The molecule has 0 atom stereocenters. The molecule has 3 N–H and O–H groups in total. The maximum atomic E-state index is 13.6. The van der Waals surface area contributed by atoms with Gasteiger partial charge in [-0.15, -0.1) is 0 Å². The fraction of sp³-hybridized carbons (Fsp3) is 0.0714. The molecule has 2 aromatic carbocycles. The van der Waals surface area contributed by atoms with E-state index in [4.69, 9.17) is 15.7 Å². The van der Waals surface area contributed by atoms with Gasteiger partial charge in [0.1, 0.15) is 18.2 Å². The van der Waals surface area contributed by atoms with Crippen molar-refractivity contribution in [3.63, 3.8) is 0 Å². The zero-order chi connectivity index (χ0) is 14.5. The number of ether oxygens (including phenoxy) is 1. The topological polar surface area (TPSA) is 67.8 Å². The molecule has 0 heterocycles. The van der Waals surface area contributed by atoms with E-state index in [1.54, 1.807) is 36.4 Å². The average Bonchev–Trinajstić information content (AvgIpc) is 2.47. The summed E-state index contributed by atoms with van der Waals surface area (Å²) in [6.45, 7) is 0.0882. The standard InChI is InChI=1S/C14H12BrFN2O2/c15-11-4-5-13(16)10(6-11)8-20-12-3-1-2-9(7-12)14(17)18-19/h1-7,19H,8H2,(H2,17,18). The number of halogens is 2. The van der Waals surface area contributed by atoms with Gasteiger partial charge in [0.2, 0.25) is 0 Å². The fourth-order valence-corrected chi connectivity index (χ4v) is 2.03. The Morgan fingerprint density at radius 2 is 2.10 bits per heavy atom. The summed E-state index contributed by atoms with van der Waals surface area (Å²) in [5.41, 5.74) is 6.46. The van der Waals surface area contributed by atoms with E-state index < -0.39 is 0 Å². The first-order chi connectivity index (χ1) is 9.60. The highest BCUT2D eigenvalue weighted by molar-refractivity contribution is 9.10. The number of benzene rings is 2. The SMILES string of the molecule is N/C(=N\O)c1cccc(OCc2cc(Br)ccc2F)c1. The average molecular weight is 339 g/mol. The van der Waals surface area contributed by atoms with Crippen LogP contribution in [0.15, 0.2) is 52.1 Å². The molecule has 0 fully saturated rings. The summed E-state index contributed by atoms with van der Waals surface area (Å²) in [4.78, 5) is 0. The summed E-state index contributed by atoms with van der Waals surface area (Å²) in [6.07, 6.45) is 0. The van der Waals surface area contributed by atoms with Crippen LogP contribution in [0, 0.1) is 5.82 Å². The van der Waals surface area contributed by atoms with Gasteiger partial charge in [-0.2, -0.15) is 0 Å². The van der Waals surface area contributed by atoms with E-state index >= 15 is 0 Å². The molecule has 0 unspecified atom stereocenters. The minimum Gasteiger partial charge on any atom is -0.489 e. The van der Waals surface area contributed by atoms with Gasteiger partial charge in [-0.3, -0.25) is 0 Å². The van der Waals surface area contributed by atoms with Crippen molar-refractivity contribution in [1.29, 1.82) is 0 Å². The van der Waals surface area contributed by atoms with Crippen molar-refractivity contribution in [2.24, 2.45) is 10.9 Å². The van der Waals surface area contributed by atoms with Crippen molar-refractivity contribution >= 4 is 21.8 Å². The minimum absolute atomic E-state index is 0.0101. The molecular weight excluding hydrogens is 327 g/mol. The van der Waals surface area contributed by atoms with Crippen LogP contribution in [0.2, 0.25) is 0 Å². The van der Waals surface area contributed by atoms with Crippen LogP contribution in [-0.4, -0.2) is 11.0 Å². The van der Waals surface area contributed by atoms with Gasteiger partial charge in [0.25, 0.3) is 0 Å². The first-order valence-corrected chi connectivity index (χ1v) is 6.54. The number of amidine groups is 1. The lowest BCUT2D eigenvalue weighted by atomic mass is 10.2. The first-order valence-electron chi connectivity index (χ1n) is 5.75. The molecule has 2 rings (SSSR count). The molecule has 0 radical (unpaired) electrons. The van der Waals surface area contributed by atoms with Crippen molar-refractivity contribution in [1.82, 2.24) is 0 Å². The molecule has 104 valence electrons. The Hall–Kier alpha value is -2.08. The van der Waals surface area contributed by atoms with E-state index in [1.807, 2.05) is 0 Å². The first kappa shape index (κ1) is 14.3. The Balaban J connectivity index is 2.13. The van der Waals surface area contributed by atoms with E-state index in [9.17, 15) is 4.39 Å². The predicted molar refractivity (Wildman–Crippen MR) is 77.4 cm³/mol. The quantitative estimate of drug-likeness (QED) is 0.389. The lowest BCUT2D eigenvalue weighted by molar-refractivity contribution is 0.299. The predicted octanol–water partition coefficient (Wildman–Crippen LogP) is 3.26. The highest BCUT2D eigenvalue weighted by atomic mass is 79.9. The van der Waals surface area contributed by atoms with Crippen molar-refractivity contribution in [2.45, 2.75) is 6.61 Å². The molecule has 20 heavy (non-hydrogen) atoms. The lowest BCUT2D eigenvalue weighted by Gasteiger charge is -2.09. The summed E-state index contributed by atoms with van der Waals surface area (Å²) < 4.78 is 19.9. The number of nitrogens with zero attached hydrogens (tertiary/aromatic N) is 1. The summed E-state index contributed by atoms with van der Waals surface area (Å²) in [6, 6.07) is 11.4. The van der Waals surface area contributed by atoms with Gasteiger partial charge in [0.05, 0.1) is 0 Å². The second-order valence-corrected chi connectivity index (χ2v) is 4.95. The summed E-state index contributed by atoms with van der Waals surface area (Å²) >= 11 is 3.28. The summed E-state index contributed by atoms with van der Waals surface area (Å²) in [5, 5.41) is 11.5. The zero-order valence-corrected chi connectivity index (χ0v) is 12.0. The van der Waals surface area contributed by atoms with Crippen LogP contribution >= 0.6 is 15.9 Å². The smallest absolute Gasteiger partial charge is 0.170 e. The van der Waals surface area contributed by atoms with Crippen molar-refractivity contribution < 1.29 is 14.3 Å². The summed E-state index contributed by atoms with van der Waals surface area (Å²) in [5.74, 6) is 0.165. The third-order valence-electron chi connectivity index (χ3n) is 2.64. The van der Waals surface area contributed by atoms with Crippen molar-refractivity contribution in [3.05, 3.63) is 63.9 Å². The number of hydrogen-bond acceptors (Lipinski definition) is 3. The van der Waals surface area contributed by atoms with Crippen LogP contribution in [0.5, 0.6) is 5.75 Å². The highest BCUT2D eigenvalue weighted by Crippen LogP contribution is 2.19. The van der Waals surface area contributed by atoms with Gasteiger partial charge in [-0.25, -0.2) is 4.39 Å². The van der Waals surface area contributed by atoms with Gasteiger partial charge in [0.15, 0.2) is 5.84 Å². The van der Waals surface area contributed by atoms with Gasteiger partial charge >= 0.3 is 0 Å². The van der Waals surface area contributed by atoms with Crippen LogP contribution < -0.4 is 10.5 Å². The molecule has 0 saturated heterocycles. The molecule has 0 saturated carbocycles. The molecule has 0 spiro atoms. The second-order valence-electron chi connectivity index (χ2n) is 4.04. The van der Waals surface area contributed by atoms with E-state index in [1.165, 1.54) is 6.07 Å². The van der Waals surface area contributed by atoms with Crippen molar-refractivity contribution in [2.75, 3.05) is 0 Å². The van der Waals surface area contributed by atoms with Crippen molar-refractivity contribution in [3.8, 4) is 5.75 Å². The highest BCUT2D eigenvalue weighted by Gasteiger charge is 2.05. The Kier molecular flexibility index (Phi) is 4.57. The fourth-order valence-electron chi connectivity index (χ4n) is 1.62. The molecule has 0 aliphatic carbocycles. The van der Waals surface area contributed by atoms with Gasteiger partial charge in [-0.1, -0.05) is 33.2 Å². The normalized spacial score (nSPS) is 11.4. The molecule has 0 aliphatic heterocycles. The zero-order valence-electron chi connectivity index (χ0n) is 10.4. The minimum atomic E-state index is -0.333. The van der Waals surface area contributed by atoms with Crippen LogP contribution in [0.3, 0.4) is 0 Å². The third-order valence-corrected chi connectivity index (χ3v) is 3.13. The monoisotopic (exact) mass is 338 g/mol. The lowest BCUT2D eigenvalue weighted by Crippen LogP contribution is -2.13. The molecule has 2 aromatic rings. The van der Waals surface area contributed by atoms with E-state index in [0.29, 0.717) is 16.9 Å². The molecule has 6 heteroatoms. The van der Waals surface area contributed by atoms with Gasteiger partial charge in [-0.05, 0) is 30.3 Å². The molecule has 4 nitrogen and oxygen atoms in total. The maximum absolute atomic E-state index is 13.6. The van der Waals surface area contributed by atoms with Crippen LogP contribution in [-0.2, 0) is 6.61 Å². The van der Waals surface area contributed by atoms with E-state index in [2.05, 4.69) is 21.1 Å². The Labute approximate surface area is 123 Å². The molecular formula is C14H12BrFN2O2. The molecule has 0 amide bonds. The number of nitrogens with two attached hydrogens (primary N) is 1. The second kappa shape index (κ2) is 6.38. The maximum Gasteiger partial charge on any atom is 0.170 e. The van der Waals surface area contributed by atoms with E-state index in [0.717, 1.165) is 4.47 Å². The number of rotatable bonds is 4. The van der Waals surface area contributed by atoms with Gasteiger partial charge in [0, 0.05) is 15.6 Å². The summed E-state index contributed by atoms with van der Waals surface area (Å²) in [7, 11) is 0. The number of hydrogen-bond donors (Lipinski definition) is 2. The largest absolute Gasteiger partial charge is 0.489 e. The molecule has 0 aliphatic rings.